The summed E-state index contributed by atoms with van der Waals surface area (Å²) in [4.78, 5) is 28.6. The molecule has 2 heterocycles. The van der Waals surface area contributed by atoms with Gasteiger partial charge in [0.1, 0.15) is 11.4 Å². The van der Waals surface area contributed by atoms with E-state index in [9.17, 15) is 14.7 Å². The zero-order valence-corrected chi connectivity index (χ0v) is 18.3. The molecule has 0 amide bonds. The number of halogens is 1. The van der Waals surface area contributed by atoms with Crippen LogP contribution in [0.4, 0.5) is 10.1 Å². The highest BCUT2D eigenvalue weighted by molar-refractivity contribution is 5.93. The third-order valence-electron chi connectivity index (χ3n) is 6.56. The lowest BCUT2D eigenvalue weighted by molar-refractivity contribution is 0.0695. The zero-order valence-electron chi connectivity index (χ0n) is 18.3. The molecule has 1 aromatic heterocycles. The van der Waals surface area contributed by atoms with Gasteiger partial charge in [-0.05, 0) is 37.9 Å². The minimum absolute atomic E-state index is 0.152. The van der Waals surface area contributed by atoms with Crippen LogP contribution in [-0.2, 0) is 0 Å². The molecule has 2 aromatic rings. The van der Waals surface area contributed by atoms with E-state index in [1.165, 1.54) is 44.4 Å². The summed E-state index contributed by atoms with van der Waals surface area (Å²) in [6.45, 7) is 6.62. The van der Waals surface area contributed by atoms with Crippen molar-refractivity contribution in [2.75, 3.05) is 37.6 Å². The largest absolute Gasteiger partial charge is 0.477 e. The molecular formula is C24H32FN3O3. The number of nitrogens with zero attached hydrogens (tertiary/aromatic N) is 3. The van der Waals surface area contributed by atoms with Crippen molar-refractivity contribution in [2.45, 2.75) is 57.9 Å². The molecule has 1 aliphatic heterocycles. The lowest BCUT2D eigenvalue weighted by atomic mass is 10.1. The van der Waals surface area contributed by atoms with Crippen LogP contribution in [0, 0.1) is 5.82 Å². The summed E-state index contributed by atoms with van der Waals surface area (Å²) in [5.41, 5.74) is 0.232. The van der Waals surface area contributed by atoms with Crippen molar-refractivity contribution in [1.82, 2.24) is 9.47 Å². The first-order valence-corrected chi connectivity index (χ1v) is 11.6. The van der Waals surface area contributed by atoms with E-state index < -0.39 is 17.2 Å². The second-order valence-corrected chi connectivity index (χ2v) is 8.88. The van der Waals surface area contributed by atoms with E-state index in [-0.39, 0.29) is 17.0 Å². The van der Waals surface area contributed by atoms with Crippen molar-refractivity contribution in [3.8, 4) is 0 Å². The molecule has 6 nitrogen and oxygen atoms in total. The number of unbranched alkanes of at least 4 members (excludes halogenated alkanes) is 4. The number of hydrogen-bond donors (Lipinski definition) is 1. The Kier molecular flexibility index (Phi) is 6.60. The van der Waals surface area contributed by atoms with Crippen LogP contribution in [0.25, 0.3) is 10.9 Å². The summed E-state index contributed by atoms with van der Waals surface area (Å²) in [5, 5.41) is 9.54. The minimum atomic E-state index is -1.27. The number of pyridine rings is 1. The highest BCUT2D eigenvalue weighted by Crippen LogP contribution is 2.38. The van der Waals surface area contributed by atoms with Crippen LogP contribution in [0.15, 0.2) is 23.1 Å². The molecule has 0 radical (unpaired) electrons. The summed E-state index contributed by atoms with van der Waals surface area (Å²) in [7, 11) is 0. The highest BCUT2D eigenvalue weighted by atomic mass is 19.1. The molecule has 0 spiro atoms. The molecule has 31 heavy (non-hydrogen) atoms. The maximum absolute atomic E-state index is 15.0. The Hall–Kier alpha value is -2.41. The number of carboxylic acid groups (broad SMARTS) is 1. The quantitative estimate of drug-likeness (QED) is 0.603. The fraction of sp³-hybridized carbons (Fsp3) is 0.583. The molecule has 7 heteroatoms. The molecular weight excluding hydrogens is 397 g/mol. The van der Waals surface area contributed by atoms with Gasteiger partial charge in [0.05, 0.1) is 11.2 Å². The Bertz CT molecular complexity index is 1010. The van der Waals surface area contributed by atoms with Crippen LogP contribution < -0.4 is 10.3 Å². The highest BCUT2D eigenvalue weighted by Gasteiger charge is 2.28. The van der Waals surface area contributed by atoms with E-state index in [1.807, 2.05) is 4.57 Å². The molecule has 0 unspecified atom stereocenters. The SMILES string of the molecule is CCCCCCCN1CCN(c2cc3c(cc2F)c(=O)c(C(=O)O)cn3C2CC2)CC1. The van der Waals surface area contributed by atoms with E-state index in [0.717, 1.165) is 45.6 Å². The normalized spacial score (nSPS) is 17.4. The molecule has 1 saturated heterocycles. The predicted octanol–water partition coefficient (Wildman–Crippen LogP) is 4.27. The Morgan fingerprint density at radius 1 is 1.10 bits per heavy atom. The average Bonchev–Trinajstić information content (AvgIpc) is 3.59. The van der Waals surface area contributed by atoms with Crippen molar-refractivity contribution in [3.63, 3.8) is 0 Å². The van der Waals surface area contributed by atoms with Crippen LogP contribution in [0.2, 0.25) is 0 Å². The van der Waals surface area contributed by atoms with Crippen LogP contribution in [0.5, 0.6) is 0 Å². The molecule has 1 aliphatic carbocycles. The minimum Gasteiger partial charge on any atom is -0.477 e. The number of fused-ring (bicyclic) bond motifs is 1. The Morgan fingerprint density at radius 2 is 1.81 bits per heavy atom. The summed E-state index contributed by atoms with van der Waals surface area (Å²) in [6, 6.07) is 3.17. The van der Waals surface area contributed by atoms with Crippen LogP contribution >= 0.6 is 0 Å². The Labute approximate surface area is 182 Å². The summed E-state index contributed by atoms with van der Waals surface area (Å²) >= 11 is 0. The number of carboxylic acids is 1. The van der Waals surface area contributed by atoms with Gasteiger partial charge in [-0.15, -0.1) is 0 Å². The van der Waals surface area contributed by atoms with Gasteiger partial charge in [0.25, 0.3) is 0 Å². The standard InChI is InChI=1S/C24H32FN3O3/c1-2-3-4-5-6-9-26-10-12-27(13-11-26)22-15-21-18(14-20(22)25)23(29)19(24(30)31)16-28(21)17-7-8-17/h14-17H,2-13H2,1H3,(H,30,31). The molecule has 1 aromatic carbocycles. The van der Waals surface area contributed by atoms with Crippen LogP contribution in [0.1, 0.15) is 68.3 Å². The predicted molar refractivity (Wildman–Crippen MR) is 121 cm³/mol. The number of carbonyl (C=O) groups is 1. The second-order valence-electron chi connectivity index (χ2n) is 8.88. The smallest absolute Gasteiger partial charge is 0.341 e. The molecule has 2 aliphatic rings. The van der Waals surface area contributed by atoms with E-state index in [1.54, 1.807) is 6.07 Å². The van der Waals surface area contributed by atoms with Crippen molar-refractivity contribution < 1.29 is 14.3 Å². The van der Waals surface area contributed by atoms with Crippen molar-refractivity contribution >= 4 is 22.6 Å². The molecule has 2 fully saturated rings. The number of aromatic carboxylic acids is 1. The van der Waals surface area contributed by atoms with Crippen LogP contribution in [0.3, 0.4) is 0 Å². The summed E-state index contributed by atoms with van der Waals surface area (Å²) in [6.07, 6.45) is 9.65. The number of rotatable bonds is 9. The van der Waals surface area contributed by atoms with E-state index in [0.29, 0.717) is 11.2 Å². The monoisotopic (exact) mass is 429 g/mol. The third kappa shape index (κ3) is 4.76. The lowest BCUT2D eigenvalue weighted by Gasteiger charge is -2.36. The molecule has 0 atom stereocenters. The van der Waals surface area contributed by atoms with Gasteiger partial charge in [-0.3, -0.25) is 9.69 Å². The first-order valence-electron chi connectivity index (χ1n) is 11.6. The number of aromatic nitrogens is 1. The van der Waals surface area contributed by atoms with Gasteiger partial charge in [-0.25, -0.2) is 9.18 Å². The number of piperazine rings is 1. The topological polar surface area (TPSA) is 65.8 Å². The lowest BCUT2D eigenvalue weighted by Crippen LogP contribution is -2.47. The van der Waals surface area contributed by atoms with Crippen LogP contribution in [-0.4, -0.2) is 53.3 Å². The number of anilines is 1. The van der Waals surface area contributed by atoms with E-state index >= 15 is 4.39 Å². The van der Waals surface area contributed by atoms with Gasteiger partial charge in [0, 0.05) is 43.8 Å². The van der Waals surface area contributed by atoms with Crippen molar-refractivity contribution in [2.24, 2.45) is 0 Å². The van der Waals surface area contributed by atoms with Gasteiger partial charge in [0.15, 0.2) is 0 Å². The zero-order chi connectivity index (χ0) is 22.0. The fourth-order valence-corrected chi connectivity index (χ4v) is 4.56. The molecule has 1 N–H and O–H groups in total. The maximum atomic E-state index is 15.0. The average molecular weight is 430 g/mol. The number of benzene rings is 1. The van der Waals surface area contributed by atoms with E-state index in [2.05, 4.69) is 16.7 Å². The molecule has 0 bridgehead atoms. The Morgan fingerprint density at radius 3 is 2.45 bits per heavy atom. The van der Waals surface area contributed by atoms with Gasteiger partial charge >= 0.3 is 5.97 Å². The first kappa shape index (κ1) is 21.8. The maximum Gasteiger partial charge on any atom is 0.341 e. The first-order chi connectivity index (χ1) is 15.0. The van der Waals surface area contributed by atoms with Gasteiger partial charge in [-0.1, -0.05) is 32.6 Å². The van der Waals surface area contributed by atoms with Gasteiger partial charge in [0.2, 0.25) is 5.43 Å². The summed E-state index contributed by atoms with van der Waals surface area (Å²) < 4.78 is 16.9. The number of hydrogen-bond acceptors (Lipinski definition) is 4. The second kappa shape index (κ2) is 9.39. The molecule has 4 rings (SSSR count). The van der Waals surface area contributed by atoms with E-state index in [4.69, 9.17) is 0 Å². The Balaban J connectivity index is 1.52. The van der Waals surface area contributed by atoms with Crippen molar-refractivity contribution in [3.05, 3.63) is 39.9 Å². The molecule has 168 valence electrons. The third-order valence-corrected chi connectivity index (χ3v) is 6.56. The van der Waals surface area contributed by atoms with Crippen molar-refractivity contribution in [1.29, 1.82) is 0 Å². The fourth-order valence-electron chi connectivity index (χ4n) is 4.56. The molecule has 1 saturated carbocycles. The van der Waals surface area contributed by atoms with Gasteiger partial charge in [-0.2, -0.15) is 0 Å². The summed E-state index contributed by atoms with van der Waals surface area (Å²) in [5.74, 6) is -1.72. The van der Waals surface area contributed by atoms with Gasteiger partial charge < -0.3 is 14.6 Å².